The Morgan fingerprint density at radius 3 is 1.94 bits per heavy atom. The molecule has 0 spiro atoms. The minimum atomic E-state index is -0.462. The third-order valence-corrected chi connectivity index (χ3v) is 6.95. The Labute approximate surface area is 212 Å². The molecule has 190 valence electrons. The molecule has 1 aliphatic rings. The van der Waals surface area contributed by atoms with Crippen molar-refractivity contribution in [3.8, 4) is 23.7 Å². The maximum absolute atomic E-state index is 13.2. The summed E-state index contributed by atoms with van der Waals surface area (Å²) in [5.74, 6) is 11.8. The Kier molecular flexibility index (Phi) is 13.1. The van der Waals surface area contributed by atoms with E-state index in [-0.39, 0.29) is 0 Å². The molecule has 1 aromatic rings. The molecule has 0 aromatic heterocycles. The van der Waals surface area contributed by atoms with Gasteiger partial charge in [-0.3, -0.25) is 0 Å². The molecule has 1 aliphatic carbocycles. The summed E-state index contributed by atoms with van der Waals surface area (Å²) in [6.45, 7) is 3.71. The average Bonchev–Trinajstić information content (AvgIpc) is 2.88. The van der Waals surface area contributed by atoms with Crippen LogP contribution in [0.3, 0.4) is 0 Å². The molecule has 1 saturated carbocycles. The van der Waals surface area contributed by atoms with Gasteiger partial charge in [0.15, 0.2) is 0 Å². The lowest BCUT2D eigenvalue weighted by Gasteiger charge is -2.25. The summed E-state index contributed by atoms with van der Waals surface area (Å²) >= 11 is 0. The zero-order valence-corrected chi connectivity index (χ0v) is 22.2. The Hall–Kier alpha value is -2.72. The summed E-state index contributed by atoms with van der Waals surface area (Å²) in [6.07, 6.45) is 14.1. The summed E-state index contributed by atoms with van der Waals surface area (Å²) in [5.41, 5.74) is 3.87. The number of carbonyl (C=O) groups excluding carboxylic acids is 2. The first-order valence-corrected chi connectivity index (χ1v) is 13.2. The second kappa shape index (κ2) is 16.0. The molecule has 1 aromatic carbocycles. The van der Waals surface area contributed by atoms with Gasteiger partial charge in [0, 0.05) is 12.8 Å². The molecule has 0 saturated heterocycles. The van der Waals surface area contributed by atoms with Crippen molar-refractivity contribution in [2.45, 2.75) is 104 Å². The highest BCUT2D eigenvalue weighted by molar-refractivity contribution is 6.05. The topological polar surface area (TPSA) is 52.6 Å². The van der Waals surface area contributed by atoms with Crippen LogP contribution < -0.4 is 0 Å². The van der Waals surface area contributed by atoms with Crippen molar-refractivity contribution in [1.29, 1.82) is 0 Å². The number of unbranched alkanes of at least 4 members (excludes halogenated alkanes) is 4. The van der Waals surface area contributed by atoms with Gasteiger partial charge in [-0.15, -0.1) is 23.7 Å². The van der Waals surface area contributed by atoms with Crippen LogP contribution in [0, 0.1) is 29.6 Å². The van der Waals surface area contributed by atoms with Gasteiger partial charge in [-0.25, -0.2) is 9.59 Å². The Morgan fingerprint density at radius 2 is 1.37 bits per heavy atom. The van der Waals surface area contributed by atoms with Gasteiger partial charge in [0.25, 0.3) is 0 Å². The highest BCUT2D eigenvalue weighted by Crippen LogP contribution is 2.33. The highest BCUT2D eigenvalue weighted by atomic mass is 16.5. The molecule has 1 fully saturated rings. The number of carbonyl (C=O) groups is 2. The number of hydrogen-bond donors (Lipinski definition) is 0. The molecule has 4 nitrogen and oxygen atoms in total. The summed E-state index contributed by atoms with van der Waals surface area (Å²) in [4.78, 5) is 26.2. The van der Waals surface area contributed by atoms with E-state index in [9.17, 15) is 9.59 Å². The summed E-state index contributed by atoms with van der Waals surface area (Å²) in [6, 6.07) is 2.19. The Morgan fingerprint density at radius 1 is 0.800 bits per heavy atom. The van der Waals surface area contributed by atoms with Gasteiger partial charge in [-0.2, -0.15) is 0 Å². The number of methoxy groups -OCH3 is 2. The lowest BCUT2D eigenvalue weighted by atomic mass is 9.80. The van der Waals surface area contributed by atoms with E-state index in [1.807, 2.05) is 13.8 Å². The standard InChI is InChI=1S/C31H42O4/c1-5-7-9-11-16-20-25-23-26(22-24-18-14-13-15-19-24)27(21-17-12-10-8-6-2)29(31(33)35-4)28(25)30(32)34-3/h23-24H,9-22H2,1-4H3. The van der Waals surface area contributed by atoms with Crippen molar-refractivity contribution in [1.82, 2.24) is 0 Å². The van der Waals surface area contributed by atoms with E-state index in [2.05, 4.69) is 29.7 Å². The number of aryl methyl sites for hydroxylation is 1. The van der Waals surface area contributed by atoms with E-state index >= 15 is 0 Å². The number of esters is 2. The largest absolute Gasteiger partial charge is 0.465 e. The molecule has 0 radical (unpaired) electrons. The zero-order chi connectivity index (χ0) is 25.5. The second-order valence-corrected chi connectivity index (χ2v) is 9.38. The first-order chi connectivity index (χ1) is 17.1. The van der Waals surface area contributed by atoms with Crippen LogP contribution in [0.25, 0.3) is 0 Å². The number of ether oxygens (including phenoxy) is 2. The molecule has 0 aliphatic heterocycles. The van der Waals surface area contributed by atoms with Crippen LogP contribution in [0.2, 0.25) is 0 Å². The molecular weight excluding hydrogens is 436 g/mol. The predicted octanol–water partition coefficient (Wildman–Crippen LogP) is 6.85. The van der Waals surface area contributed by atoms with Crippen molar-refractivity contribution in [2.75, 3.05) is 14.2 Å². The first-order valence-electron chi connectivity index (χ1n) is 13.2. The van der Waals surface area contributed by atoms with Crippen LogP contribution in [0.1, 0.15) is 122 Å². The maximum Gasteiger partial charge on any atom is 0.339 e. The van der Waals surface area contributed by atoms with Gasteiger partial charge in [0.1, 0.15) is 0 Å². The number of rotatable bonds is 12. The van der Waals surface area contributed by atoms with Gasteiger partial charge in [0.05, 0.1) is 25.3 Å². The van der Waals surface area contributed by atoms with Crippen molar-refractivity contribution in [3.05, 3.63) is 33.9 Å². The lowest BCUT2D eigenvalue weighted by Crippen LogP contribution is -2.21. The molecular formula is C31H42O4. The van der Waals surface area contributed by atoms with Crippen LogP contribution in [-0.4, -0.2) is 26.2 Å². The predicted molar refractivity (Wildman–Crippen MR) is 141 cm³/mol. The van der Waals surface area contributed by atoms with Crippen molar-refractivity contribution in [3.63, 3.8) is 0 Å². The fourth-order valence-corrected chi connectivity index (χ4v) is 5.17. The third-order valence-electron chi connectivity index (χ3n) is 6.95. The molecule has 0 unspecified atom stereocenters. The van der Waals surface area contributed by atoms with E-state index in [0.717, 1.165) is 62.5 Å². The van der Waals surface area contributed by atoms with Crippen LogP contribution in [0.4, 0.5) is 0 Å². The molecule has 4 heteroatoms. The minimum absolute atomic E-state index is 0.386. The molecule has 0 bridgehead atoms. The highest BCUT2D eigenvalue weighted by Gasteiger charge is 2.29. The fraction of sp³-hybridized carbons (Fsp3) is 0.613. The van der Waals surface area contributed by atoms with Gasteiger partial charge in [0.2, 0.25) is 0 Å². The van der Waals surface area contributed by atoms with Crippen molar-refractivity contribution in [2.24, 2.45) is 5.92 Å². The molecule has 0 atom stereocenters. The van der Waals surface area contributed by atoms with Gasteiger partial charge < -0.3 is 9.47 Å². The van der Waals surface area contributed by atoms with E-state index in [0.29, 0.717) is 23.5 Å². The normalized spacial score (nSPS) is 13.3. The molecule has 0 heterocycles. The summed E-state index contributed by atoms with van der Waals surface area (Å²) in [5, 5.41) is 0. The molecule has 0 N–H and O–H groups in total. The third kappa shape index (κ3) is 8.78. The maximum atomic E-state index is 13.2. The van der Waals surface area contributed by atoms with Gasteiger partial charge in [-0.05, 0) is 81.4 Å². The monoisotopic (exact) mass is 478 g/mol. The Balaban J connectivity index is 2.54. The number of benzene rings is 1. The Bertz CT molecular complexity index is 962. The fourth-order valence-electron chi connectivity index (χ4n) is 5.17. The summed E-state index contributed by atoms with van der Waals surface area (Å²) in [7, 11) is 2.77. The van der Waals surface area contributed by atoms with Crippen molar-refractivity contribution >= 4 is 11.9 Å². The van der Waals surface area contributed by atoms with Gasteiger partial charge in [-0.1, -0.05) is 38.2 Å². The number of hydrogen-bond acceptors (Lipinski definition) is 4. The zero-order valence-electron chi connectivity index (χ0n) is 22.2. The van der Waals surface area contributed by atoms with Crippen LogP contribution >= 0.6 is 0 Å². The smallest absolute Gasteiger partial charge is 0.339 e. The van der Waals surface area contributed by atoms with Crippen LogP contribution in [0.15, 0.2) is 6.07 Å². The lowest BCUT2D eigenvalue weighted by molar-refractivity contribution is 0.0552. The van der Waals surface area contributed by atoms with E-state index in [1.165, 1.54) is 51.9 Å². The molecule has 0 amide bonds. The first kappa shape index (κ1) is 28.5. The van der Waals surface area contributed by atoms with E-state index < -0.39 is 11.9 Å². The minimum Gasteiger partial charge on any atom is -0.465 e. The quantitative estimate of drug-likeness (QED) is 0.187. The van der Waals surface area contributed by atoms with E-state index in [1.54, 1.807) is 0 Å². The van der Waals surface area contributed by atoms with Crippen LogP contribution in [-0.2, 0) is 28.7 Å². The van der Waals surface area contributed by atoms with Crippen LogP contribution in [0.5, 0.6) is 0 Å². The van der Waals surface area contributed by atoms with Crippen molar-refractivity contribution < 1.29 is 19.1 Å². The average molecular weight is 479 g/mol. The SMILES string of the molecule is CC#CCCCCc1cc(CC2CCCCC2)c(CCCCC#CC)c(C(=O)OC)c1C(=O)OC. The van der Waals surface area contributed by atoms with E-state index in [4.69, 9.17) is 9.47 Å². The van der Waals surface area contributed by atoms with Gasteiger partial charge >= 0.3 is 11.9 Å². The molecule has 2 rings (SSSR count). The molecule has 35 heavy (non-hydrogen) atoms. The summed E-state index contributed by atoms with van der Waals surface area (Å²) < 4.78 is 10.4. The second-order valence-electron chi connectivity index (χ2n) is 9.38.